The minimum Gasteiger partial charge on any atom is -0.357 e. The molecular weight excluding hydrogens is 329 g/mol. The van der Waals surface area contributed by atoms with Crippen LogP contribution in [0.2, 0.25) is 0 Å². The summed E-state index contributed by atoms with van der Waals surface area (Å²) in [7, 11) is 2.14. The van der Waals surface area contributed by atoms with Crippen LogP contribution >= 0.6 is 0 Å². The Bertz CT molecular complexity index is 419. The first-order chi connectivity index (χ1) is 11.9. The Morgan fingerprint density at radius 1 is 1.12 bits per heavy atom. The van der Waals surface area contributed by atoms with Crippen molar-refractivity contribution in [3.05, 3.63) is 0 Å². The Balaban J connectivity index is 1.82. The third kappa shape index (κ3) is 6.68. The number of rotatable bonds is 6. The molecule has 7 heteroatoms. The molecular formula is C18H33F3N4. The molecule has 2 rings (SSSR count). The highest BCUT2D eigenvalue weighted by Gasteiger charge is 2.42. The van der Waals surface area contributed by atoms with E-state index in [2.05, 4.69) is 27.6 Å². The van der Waals surface area contributed by atoms with Crippen molar-refractivity contribution < 1.29 is 13.2 Å². The van der Waals surface area contributed by atoms with Gasteiger partial charge in [0, 0.05) is 25.2 Å². The minimum absolute atomic E-state index is 0.147. The van der Waals surface area contributed by atoms with Gasteiger partial charge >= 0.3 is 6.18 Å². The largest absolute Gasteiger partial charge is 0.391 e. The van der Waals surface area contributed by atoms with Crippen molar-refractivity contribution in [1.29, 1.82) is 0 Å². The number of nitrogens with zero attached hydrogens (tertiary/aromatic N) is 2. The first-order valence-electron chi connectivity index (χ1n) is 9.72. The molecule has 0 bridgehead atoms. The van der Waals surface area contributed by atoms with Crippen LogP contribution in [-0.4, -0.2) is 55.8 Å². The van der Waals surface area contributed by atoms with Gasteiger partial charge in [-0.3, -0.25) is 4.99 Å². The van der Waals surface area contributed by atoms with Crippen LogP contribution in [0, 0.1) is 5.92 Å². The molecule has 0 amide bonds. The van der Waals surface area contributed by atoms with Gasteiger partial charge in [0.05, 0.1) is 12.5 Å². The van der Waals surface area contributed by atoms with Crippen LogP contribution in [0.4, 0.5) is 13.2 Å². The SMILES string of the molecule is CCNC(=NCCN(C)C1CCCC1)NC1CCCC(C(F)(F)F)C1. The Morgan fingerprint density at radius 3 is 2.48 bits per heavy atom. The van der Waals surface area contributed by atoms with Crippen molar-refractivity contribution in [2.24, 2.45) is 10.9 Å². The summed E-state index contributed by atoms with van der Waals surface area (Å²) in [5.41, 5.74) is 0. The quantitative estimate of drug-likeness (QED) is 0.561. The molecule has 2 unspecified atom stereocenters. The standard InChI is InChI=1S/C18H33F3N4/c1-3-22-17(23-11-12-25(2)16-9-4-5-10-16)24-15-8-6-7-14(13-15)18(19,20)21/h14-16H,3-13H2,1-2H3,(H2,22,23,24). The average molecular weight is 362 g/mol. The number of nitrogens with one attached hydrogen (secondary N) is 2. The normalized spacial score (nSPS) is 26.2. The molecule has 2 aliphatic carbocycles. The van der Waals surface area contributed by atoms with Crippen LogP contribution < -0.4 is 10.6 Å². The molecule has 4 nitrogen and oxygen atoms in total. The average Bonchev–Trinajstić information content (AvgIpc) is 3.09. The van der Waals surface area contributed by atoms with E-state index >= 15 is 0 Å². The highest BCUT2D eigenvalue weighted by molar-refractivity contribution is 5.80. The van der Waals surface area contributed by atoms with Gasteiger partial charge in [0.15, 0.2) is 5.96 Å². The van der Waals surface area contributed by atoms with Gasteiger partial charge in [-0.25, -0.2) is 0 Å². The second-order valence-corrected chi connectivity index (χ2v) is 7.43. The summed E-state index contributed by atoms with van der Waals surface area (Å²) in [6, 6.07) is 0.516. The summed E-state index contributed by atoms with van der Waals surface area (Å²) < 4.78 is 38.9. The van der Waals surface area contributed by atoms with E-state index in [-0.39, 0.29) is 18.9 Å². The minimum atomic E-state index is -4.08. The predicted octanol–water partition coefficient (Wildman–Crippen LogP) is 3.54. The van der Waals surface area contributed by atoms with E-state index < -0.39 is 12.1 Å². The molecule has 0 radical (unpaired) electrons. The van der Waals surface area contributed by atoms with E-state index in [0.29, 0.717) is 31.5 Å². The van der Waals surface area contributed by atoms with Crippen LogP contribution in [0.3, 0.4) is 0 Å². The summed E-state index contributed by atoms with van der Waals surface area (Å²) in [6.45, 7) is 4.23. The van der Waals surface area contributed by atoms with E-state index in [4.69, 9.17) is 0 Å². The van der Waals surface area contributed by atoms with Crippen molar-refractivity contribution in [3.8, 4) is 0 Å². The molecule has 2 N–H and O–H groups in total. The van der Waals surface area contributed by atoms with Gasteiger partial charge in [-0.1, -0.05) is 19.3 Å². The zero-order valence-electron chi connectivity index (χ0n) is 15.5. The van der Waals surface area contributed by atoms with Crippen molar-refractivity contribution in [2.75, 3.05) is 26.7 Å². The van der Waals surface area contributed by atoms with Gasteiger partial charge in [-0.15, -0.1) is 0 Å². The summed E-state index contributed by atoms with van der Waals surface area (Å²) in [5, 5.41) is 6.39. The van der Waals surface area contributed by atoms with Crippen molar-refractivity contribution in [2.45, 2.75) is 76.6 Å². The smallest absolute Gasteiger partial charge is 0.357 e. The zero-order chi connectivity index (χ0) is 18.3. The molecule has 2 saturated carbocycles. The van der Waals surface area contributed by atoms with E-state index in [9.17, 15) is 13.2 Å². The molecule has 2 fully saturated rings. The van der Waals surface area contributed by atoms with Crippen molar-refractivity contribution in [1.82, 2.24) is 15.5 Å². The summed E-state index contributed by atoms with van der Waals surface area (Å²) >= 11 is 0. The highest BCUT2D eigenvalue weighted by atomic mass is 19.4. The number of likely N-dealkylation sites (N-methyl/N-ethyl adjacent to an activating group) is 1. The van der Waals surface area contributed by atoms with Gasteiger partial charge in [0.1, 0.15) is 0 Å². The van der Waals surface area contributed by atoms with Gasteiger partial charge in [-0.05, 0) is 46.1 Å². The lowest BCUT2D eigenvalue weighted by Crippen LogP contribution is -2.47. The fraction of sp³-hybridized carbons (Fsp3) is 0.944. The van der Waals surface area contributed by atoms with Crippen LogP contribution in [0.1, 0.15) is 58.3 Å². The second kappa shape index (κ2) is 9.64. The summed E-state index contributed by atoms with van der Waals surface area (Å²) in [4.78, 5) is 6.94. The van der Waals surface area contributed by atoms with E-state index in [1.165, 1.54) is 25.7 Å². The van der Waals surface area contributed by atoms with Crippen molar-refractivity contribution >= 4 is 5.96 Å². The molecule has 0 spiro atoms. The first kappa shape index (κ1) is 20.3. The molecule has 25 heavy (non-hydrogen) atoms. The number of alkyl halides is 3. The van der Waals surface area contributed by atoms with Crippen LogP contribution in [0.5, 0.6) is 0 Å². The van der Waals surface area contributed by atoms with Gasteiger partial charge in [0.25, 0.3) is 0 Å². The van der Waals surface area contributed by atoms with Crippen LogP contribution in [0.25, 0.3) is 0 Å². The van der Waals surface area contributed by atoms with Gasteiger partial charge in [-0.2, -0.15) is 13.2 Å². The molecule has 0 aliphatic heterocycles. The number of hydrogen-bond donors (Lipinski definition) is 2. The molecule has 2 atom stereocenters. The predicted molar refractivity (Wildman–Crippen MR) is 95.8 cm³/mol. The zero-order valence-corrected chi connectivity index (χ0v) is 15.5. The maximum atomic E-state index is 13.0. The fourth-order valence-corrected chi connectivity index (χ4v) is 3.98. The third-order valence-corrected chi connectivity index (χ3v) is 5.49. The fourth-order valence-electron chi connectivity index (χ4n) is 3.98. The maximum Gasteiger partial charge on any atom is 0.391 e. The monoisotopic (exact) mass is 362 g/mol. The topological polar surface area (TPSA) is 39.7 Å². The van der Waals surface area contributed by atoms with Gasteiger partial charge < -0.3 is 15.5 Å². The number of halogens is 3. The number of guanidine groups is 1. The molecule has 2 aliphatic rings. The van der Waals surface area contributed by atoms with E-state index in [1.807, 2.05) is 6.92 Å². The lowest BCUT2D eigenvalue weighted by Gasteiger charge is -2.32. The Morgan fingerprint density at radius 2 is 1.84 bits per heavy atom. The molecule has 0 aromatic heterocycles. The van der Waals surface area contributed by atoms with Gasteiger partial charge in [0.2, 0.25) is 0 Å². The molecule has 0 aromatic rings. The Kier molecular flexibility index (Phi) is 7.84. The number of hydrogen-bond acceptors (Lipinski definition) is 2. The molecule has 0 aromatic carbocycles. The van der Waals surface area contributed by atoms with Crippen LogP contribution in [0.15, 0.2) is 4.99 Å². The summed E-state index contributed by atoms with van der Waals surface area (Å²) in [6.07, 6.45) is 2.86. The number of aliphatic imine (C=N–C) groups is 1. The van der Waals surface area contributed by atoms with E-state index in [0.717, 1.165) is 13.0 Å². The Labute approximate surface area is 149 Å². The van der Waals surface area contributed by atoms with Crippen LogP contribution in [-0.2, 0) is 0 Å². The Hall–Kier alpha value is -0.980. The van der Waals surface area contributed by atoms with E-state index in [1.54, 1.807) is 0 Å². The highest BCUT2D eigenvalue weighted by Crippen LogP contribution is 2.37. The second-order valence-electron chi connectivity index (χ2n) is 7.43. The maximum absolute atomic E-state index is 13.0. The first-order valence-corrected chi connectivity index (χ1v) is 9.72. The van der Waals surface area contributed by atoms with Crippen molar-refractivity contribution in [3.63, 3.8) is 0 Å². The lowest BCUT2D eigenvalue weighted by molar-refractivity contribution is -0.183. The molecule has 0 saturated heterocycles. The summed E-state index contributed by atoms with van der Waals surface area (Å²) in [5.74, 6) is -0.537. The molecule has 146 valence electrons. The molecule has 0 heterocycles. The third-order valence-electron chi connectivity index (χ3n) is 5.49. The lowest BCUT2D eigenvalue weighted by atomic mass is 9.85.